The standard InChI is InChI=1S/C15H14O/c1-12(13-7-3-2-4-8-13)15-10-6-5-9-14(15)11-16/h2-10,16H,1,11H2. The molecule has 0 aliphatic rings. The van der Waals surface area contributed by atoms with Gasteiger partial charge in [0, 0.05) is 0 Å². The van der Waals surface area contributed by atoms with Crippen molar-refractivity contribution < 1.29 is 5.11 Å². The normalized spacial score (nSPS) is 10.1. The van der Waals surface area contributed by atoms with Gasteiger partial charge in [-0.2, -0.15) is 0 Å². The fourth-order valence-electron chi connectivity index (χ4n) is 1.75. The lowest BCUT2D eigenvalue weighted by Gasteiger charge is -2.10. The highest BCUT2D eigenvalue weighted by Gasteiger charge is 2.05. The van der Waals surface area contributed by atoms with Gasteiger partial charge in [-0.1, -0.05) is 61.2 Å². The molecule has 0 aliphatic carbocycles. The van der Waals surface area contributed by atoms with Crippen molar-refractivity contribution in [3.8, 4) is 0 Å². The van der Waals surface area contributed by atoms with Gasteiger partial charge in [0.05, 0.1) is 6.61 Å². The van der Waals surface area contributed by atoms with Crippen LogP contribution in [0.15, 0.2) is 61.2 Å². The van der Waals surface area contributed by atoms with Crippen LogP contribution in [0.1, 0.15) is 16.7 Å². The van der Waals surface area contributed by atoms with E-state index in [-0.39, 0.29) is 6.61 Å². The van der Waals surface area contributed by atoms with E-state index in [1.165, 1.54) is 0 Å². The van der Waals surface area contributed by atoms with Gasteiger partial charge >= 0.3 is 0 Å². The number of aliphatic hydroxyl groups excluding tert-OH is 1. The molecular formula is C15H14O. The third-order valence-corrected chi connectivity index (χ3v) is 2.64. The highest BCUT2D eigenvalue weighted by atomic mass is 16.3. The van der Waals surface area contributed by atoms with E-state index >= 15 is 0 Å². The summed E-state index contributed by atoms with van der Waals surface area (Å²) in [7, 11) is 0. The van der Waals surface area contributed by atoms with E-state index in [9.17, 15) is 5.11 Å². The molecule has 2 aromatic carbocycles. The predicted molar refractivity (Wildman–Crippen MR) is 66.9 cm³/mol. The van der Waals surface area contributed by atoms with E-state index in [0.29, 0.717) is 0 Å². The molecule has 0 atom stereocenters. The molecule has 0 aliphatic heterocycles. The van der Waals surface area contributed by atoms with Crippen LogP contribution in [-0.4, -0.2) is 5.11 Å². The molecule has 0 radical (unpaired) electrons. The van der Waals surface area contributed by atoms with Crippen molar-refractivity contribution in [2.45, 2.75) is 6.61 Å². The van der Waals surface area contributed by atoms with Crippen LogP contribution in [0.5, 0.6) is 0 Å². The number of hydrogen-bond acceptors (Lipinski definition) is 1. The van der Waals surface area contributed by atoms with Gasteiger partial charge in [0.15, 0.2) is 0 Å². The lowest BCUT2D eigenvalue weighted by Crippen LogP contribution is -1.93. The maximum Gasteiger partial charge on any atom is 0.0687 e. The minimum Gasteiger partial charge on any atom is -0.392 e. The fourth-order valence-corrected chi connectivity index (χ4v) is 1.75. The van der Waals surface area contributed by atoms with Crippen molar-refractivity contribution in [1.82, 2.24) is 0 Å². The Balaban J connectivity index is 2.42. The van der Waals surface area contributed by atoms with Gasteiger partial charge in [-0.3, -0.25) is 0 Å². The second-order valence-electron chi connectivity index (χ2n) is 3.66. The summed E-state index contributed by atoms with van der Waals surface area (Å²) in [6.45, 7) is 4.14. The summed E-state index contributed by atoms with van der Waals surface area (Å²) in [6.07, 6.45) is 0. The molecule has 0 saturated carbocycles. The molecule has 2 aromatic rings. The first-order valence-corrected chi connectivity index (χ1v) is 5.26. The minimum absolute atomic E-state index is 0.0437. The van der Waals surface area contributed by atoms with E-state index < -0.39 is 0 Å². The van der Waals surface area contributed by atoms with Gasteiger partial charge < -0.3 is 5.11 Å². The lowest BCUT2D eigenvalue weighted by molar-refractivity contribution is 0.281. The summed E-state index contributed by atoms with van der Waals surface area (Å²) in [6, 6.07) is 17.8. The topological polar surface area (TPSA) is 20.2 Å². The number of hydrogen-bond donors (Lipinski definition) is 1. The Hall–Kier alpha value is -1.86. The highest BCUT2D eigenvalue weighted by Crippen LogP contribution is 2.24. The highest BCUT2D eigenvalue weighted by molar-refractivity contribution is 5.79. The Bertz CT molecular complexity index is 486. The average Bonchev–Trinajstić information content (AvgIpc) is 2.39. The first-order chi connectivity index (χ1) is 7.83. The van der Waals surface area contributed by atoms with Crippen LogP contribution in [0, 0.1) is 0 Å². The van der Waals surface area contributed by atoms with Crippen molar-refractivity contribution in [2.24, 2.45) is 0 Å². The molecule has 0 aromatic heterocycles. The molecule has 1 heteroatoms. The van der Waals surface area contributed by atoms with Crippen LogP contribution in [-0.2, 0) is 6.61 Å². The van der Waals surface area contributed by atoms with Gasteiger partial charge in [0.2, 0.25) is 0 Å². The van der Waals surface area contributed by atoms with Gasteiger partial charge in [-0.25, -0.2) is 0 Å². The quantitative estimate of drug-likeness (QED) is 0.824. The van der Waals surface area contributed by atoms with Gasteiger partial charge in [-0.05, 0) is 22.3 Å². The molecule has 16 heavy (non-hydrogen) atoms. The lowest BCUT2D eigenvalue weighted by atomic mass is 9.96. The van der Waals surface area contributed by atoms with Crippen molar-refractivity contribution in [3.63, 3.8) is 0 Å². The van der Waals surface area contributed by atoms with Crippen molar-refractivity contribution in [1.29, 1.82) is 0 Å². The van der Waals surface area contributed by atoms with E-state index in [1.807, 2.05) is 54.6 Å². The third-order valence-electron chi connectivity index (χ3n) is 2.64. The first-order valence-electron chi connectivity index (χ1n) is 5.26. The summed E-state index contributed by atoms with van der Waals surface area (Å²) < 4.78 is 0. The van der Waals surface area contributed by atoms with Crippen molar-refractivity contribution >= 4 is 5.57 Å². The van der Waals surface area contributed by atoms with Gasteiger partial charge in [-0.15, -0.1) is 0 Å². The Morgan fingerprint density at radius 2 is 1.56 bits per heavy atom. The molecule has 2 rings (SSSR count). The van der Waals surface area contributed by atoms with Crippen LogP contribution < -0.4 is 0 Å². The largest absolute Gasteiger partial charge is 0.392 e. The zero-order valence-corrected chi connectivity index (χ0v) is 9.06. The molecule has 0 unspecified atom stereocenters. The molecule has 0 amide bonds. The maximum atomic E-state index is 9.27. The Kier molecular flexibility index (Phi) is 3.18. The fraction of sp³-hybridized carbons (Fsp3) is 0.0667. The zero-order valence-electron chi connectivity index (χ0n) is 9.06. The third kappa shape index (κ3) is 2.05. The van der Waals surface area contributed by atoms with Crippen LogP contribution in [0.4, 0.5) is 0 Å². The second-order valence-corrected chi connectivity index (χ2v) is 3.66. The van der Waals surface area contributed by atoms with Crippen LogP contribution >= 0.6 is 0 Å². The van der Waals surface area contributed by atoms with Crippen LogP contribution in [0.25, 0.3) is 5.57 Å². The molecule has 0 bridgehead atoms. The van der Waals surface area contributed by atoms with E-state index in [2.05, 4.69) is 6.58 Å². The zero-order chi connectivity index (χ0) is 11.4. The Morgan fingerprint density at radius 1 is 0.938 bits per heavy atom. The number of benzene rings is 2. The summed E-state index contributed by atoms with van der Waals surface area (Å²) in [5.41, 5.74) is 3.96. The van der Waals surface area contributed by atoms with Crippen molar-refractivity contribution in [2.75, 3.05) is 0 Å². The minimum atomic E-state index is 0.0437. The molecule has 1 N–H and O–H groups in total. The van der Waals surface area contributed by atoms with Gasteiger partial charge in [0.1, 0.15) is 0 Å². The summed E-state index contributed by atoms with van der Waals surface area (Å²) in [4.78, 5) is 0. The van der Waals surface area contributed by atoms with Crippen molar-refractivity contribution in [3.05, 3.63) is 77.9 Å². The molecule has 0 fully saturated rings. The number of aliphatic hydroxyl groups is 1. The number of rotatable bonds is 3. The Morgan fingerprint density at radius 3 is 2.25 bits per heavy atom. The first kappa shape index (κ1) is 10.7. The molecular weight excluding hydrogens is 196 g/mol. The van der Waals surface area contributed by atoms with E-state index in [4.69, 9.17) is 0 Å². The van der Waals surface area contributed by atoms with E-state index in [1.54, 1.807) is 0 Å². The molecule has 0 spiro atoms. The maximum absolute atomic E-state index is 9.27. The smallest absolute Gasteiger partial charge is 0.0687 e. The predicted octanol–water partition coefficient (Wildman–Crippen LogP) is 3.24. The SMILES string of the molecule is C=C(c1ccccc1)c1ccccc1CO. The summed E-state index contributed by atoms with van der Waals surface area (Å²) in [5, 5.41) is 9.27. The average molecular weight is 210 g/mol. The second kappa shape index (κ2) is 4.77. The Labute approximate surface area is 95.7 Å². The van der Waals surface area contributed by atoms with Crippen LogP contribution in [0.2, 0.25) is 0 Å². The summed E-state index contributed by atoms with van der Waals surface area (Å²) >= 11 is 0. The molecule has 0 heterocycles. The molecule has 0 saturated heterocycles. The molecule has 80 valence electrons. The molecule has 1 nitrogen and oxygen atoms in total. The monoisotopic (exact) mass is 210 g/mol. The van der Waals surface area contributed by atoms with E-state index in [0.717, 1.165) is 22.3 Å². The summed E-state index contributed by atoms with van der Waals surface area (Å²) in [5.74, 6) is 0. The van der Waals surface area contributed by atoms with Gasteiger partial charge in [0.25, 0.3) is 0 Å². The van der Waals surface area contributed by atoms with Crippen LogP contribution in [0.3, 0.4) is 0 Å².